The molecule has 0 unspecified atom stereocenters. The van der Waals surface area contributed by atoms with Crippen molar-refractivity contribution >= 4 is 5.97 Å². The number of fused-ring (bicyclic) bond motifs is 15. The third-order valence-corrected chi connectivity index (χ3v) is 8.47. The van der Waals surface area contributed by atoms with Crippen LogP contribution in [0.1, 0.15) is 99.8 Å². The van der Waals surface area contributed by atoms with Crippen molar-refractivity contribution in [1.29, 1.82) is 0 Å². The highest BCUT2D eigenvalue weighted by Gasteiger charge is 2.64. The number of hydrogen-bond donors (Lipinski definition) is 3. The van der Waals surface area contributed by atoms with Gasteiger partial charge in [-0.15, -0.1) is 0 Å². The standard InChI is InChI=1S/C36H43F3O7/c1-44-35(36(37,38)39,27-17-13-11-14-18-27)34(43)46-32-19-15-10-8-6-4-2-3-5-7-9-12-16-25-20-28(40)24-29(21-25)45-33-30(41)22-26(32)23-31(33)42/h11,13-14,17-18,20-24,32,40-42H,2-10,12,15-16,19H2,1H3/t32-,35-/m1/s1. The van der Waals surface area contributed by atoms with Crippen LogP contribution in [-0.4, -0.2) is 34.6 Å². The molecule has 2 aliphatic heterocycles. The van der Waals surface area contributed by atoms with Crippen LogP contribution >= 0.6 is 0 Å². The zero-order valence-corrected chi connectivity index (χ0v) is 26.2. The van der Waals surface area contributed by atoms with Gasteiger partial charge in [0.05, 0.1) is 0 Å². The van der Waals surface area contributed by atoms with Gasteiger partial charge >= 0.3 is 12.1 Å². The van der Waals surface area contributed by atoms with Crippen molar-refractivity contribution in [3.05, 3.63) is 77.4 Å². The number of halogens is 3. The number of ether oxygens (including phenoxy) is 3. The van der Waals surface area contributed by atoms with Crippen molar-refractivity contribution in [3.8, 4) is 28.7 Å². The quantitative estimate of drug-likeness (QED) is 0.243. The van der Waals surface area contributed by atoms with Gasteiger partial charge in [-0.3, -0.25) is 0 Å². The second kappa shape index (κ2) is 16.1. The lowest BCUT2D eigenvalue weighted by Gasteiger charge is -2.34. The van der Waals surface area contributed by atoms with E-state index >= 15 is 0 Å². The second-order valence-corrected chi connectivity index (χ2v) is 11.9. The van der Waals surface area contributed by atoms with Crippen LogP contribution in [0.25, 0.3) is 0 Å². The summed E-state index contributed by atoms with van der Waals surface area (Å²) in [4.78, 5) is 13.5. The van der Waals surface area contributed by atoms with E-state index in [1.54, 1.807) is 12.1 Å². The highest BCUT2D eigenvalue weighted by molar-refractivity contribution is 5.83. The molecule has 3 N–H and O–H groups in total. The molecule has 0 saturated carbocycles. The highest BCUT2D eigenvalue weighted by Crippen LogP contribution is 2.46. The number of benzene rings is 3. The lowest BCUT2D eigenvalue weighted by Crippen LogP contribution is -2.52. The molecule has 0 amide bonds. The Morgan fingerprint density at radius 3 is 1.91 bits per heavy atom. The van der Waals surface area contributed by atoms with E-state index in [-0.39, 0.29) is 29.2 Å². The Hall–Kier alpha value is -3.92. The van der Waals surface area contributed by atoms with Crippen LogP contribution in [0.2, 0.25) is 0 Å². The molecule has 2 aliphatic rings. The van der Waals surface area contributed by atoms with Crippen molar-refractivity contribution in [2.75, 3.05) is 7.11 Å². The molecule has 0 spiro atoms. The Balaban J connectivity index is 1.67. The van der Waals surface area contributed by atoms with Gasteiger partial charge < -0.3 is 29.5 Å². The predicted octanol–water partition coefficient (Wildman–Crippen LogP) is 9.52. The van der Waals surface area contributed by atoms with Gasteiger partial charge in [-0.05, 0) is 55.5 Å². The van der Waals surface area contributed by atoms with Crippen LogP contribution in [-0.2, 0) is 26.3 Å². The molecule has 250 valence electrons. The zero-order chi connectivity index (χ0) is 33.2. The summed E-state index contributed by atoms with van der Waals surface area (Å²) < 4.78 is 60.1. The number of aromatic hydroxyl groups is 3. The fraction of sp³-hybridized carbons (Fsp3) is 0.472. The summed E-state index contributed by atoms with van der Waals surface area (Å²) in [5.74, 6) is -2.84. The Morgan fingerprint density at radius 1 is 0.783 bits per heavy atom. The largest absolute Gasteiger partial charge is 0.508 e. The molecule has 0 aromatic heterocycles. The Labute approximate surface area is 267 Å². The summed E-state index contributed by atoms with van der Waals surface area (Å²) in [5, 5.41) is 32.1. The first kappa shape index (κ1) is 34.9. The third kappa shape index (κ3) is 8.66. The molecule has 0 radical (unpaired) electrons. The first-order chi connectivity index (χ1) is 22.0. The SMILES string of the molecule is CO[C@@](C(=O)O[C@@H]1CCCCCCCCCCCCCc2cc(O)cc(c2)Oc2c(O)cc1cc2O)(c1ccccc1)C(F)(F)F. The lowest BCUT2D eigenvalue weighted by atomic mass is 9.92. The van der Waals surface area contributed by atoms with Crippen molar-refractivity contribution < 1.29 is 47.5 Å². The maximum Gasteiger partial charge on any atom is 0.432 e. The molecular formula is C36H43F3O7. The molecule has 4 bridgehead atoms. The number of phenols is 3. The minimum atomic E-state index is -5.16. The maximum atomic E-state index is 14.6. The number of esters is 1. The Morgan fingerprint density at radius 2 is 1.35 bits per heavy atom. The van der Waals surface area contributed by atoms with E-state index in [0.29, 0.717) is 6.42 Å². The fourth-order valence-electron chi connectivity index (χ4n) is 6.02. The summed E-state index contributed by atoms with van der Waals surface area (Å²) in [5.41, 5.74) is -2.90. The van der Waals surface area contributed by atoms with Crippen molar-refractivity contribution in [3.63, 3.8) is 0 Å². The lowest BCUT2D eigenvalue weighted by molar-refractivity contribution is -0.278. The summed E-state index contributed by atoms with van der Waals surface area (Å²) in [7, 11) is 0.802. The first-order valence-electron chi connectivity index (χ1n) is 16.0. The maximum absolute atomic E-state index is 14.6. The van der Waals surface area contributed by atoms with Crippen LogP contribution in [0.3, 0.4) is 0 Å². The Bertz CT molecular complexity index is 1400. The average molecular weight is 645 g/mol. The normalized spacial score (nSPS) is 18.7. The smallest absolute Gasteiger partial charge is 0.432 e. The first-order valence-corrected chi connectivity index (χ1v) is 16.0. The summed E-state index contributed by atoms with van der Waals surface area (Å²) in [6, 6.07) is 13.7. The number of rotatable bonds is 4. The monoisotopic (exact) mass is 644 g/mol. The molecule has 3 aromatic carbocycles. The van der Waals surface area contributed by atoms with E-state index < -0.39 is 40.9 Å². The minimum absolute atomic E-state index is 0.0331. The topological polar surface area (TPSA) is 105 Å². The van der Waals surface area contributed by atoms with Crippen LogP contribution in [0.5, 0.6) is 28.7 Å². The van der Waals surface area contributed by atoms with Crippen molar-refractivity contribution in [1.82, 2.24) is 0 Å². The number of carbonyl (C=O) groups is 1. The van der Waals surface area contributed by atoms with E-state index in [0.717, 1.165) is 95.4 Å². The number of hydrogen-bond acceptors (Lipinski definition) is 7. The van der Waals surface area contributed by atoms with Crippen LogP contribution < -0.4 is 4.74 Å². The molecule has 2 heterocycles. The molecule has 0 fully saturated rings. The van der Waals surface area contributed by atoms with Crippen LogP contribution in [0.4, 0.5) is 13.2 Å². The van der Waals surface area contributed by atoms with Crippen molar-refractivity contribution in [2.24, 2.45) is 0 Å². The molecule has 46 heavy (non-hydrogen) atoms. The molecular weight excluding hydrogens is 601 g/mol. The number of carbonyl (C=O) groups excluding carboxylic acids is 1. The highest BCUT2D eigenvalue weighted by atomic mass is 19.4. The molecule has 3 aromatic rings. The molecule has 7 nitrogen and oxygen atoms in total. The Kier molecular flexibility index (Phi) is 12.2. The summed E-state index contributed by atoms with van der Waals surface area (Å²) in [6.07, 6.45) is 5.37. The van der Waals surface area contributed by atoms with Crippen LogP contribution in [0, 0.1) is 0 Å². The zero-order valence-electron chi connectivity index (χ0n) is 26.2. The average Bonchev–Trinajstić information content (AvgIpc) is 3.00. The molecule has 10 heteroatoms. The van der Waals surface area contributed by atoms with Gasteiger partial charge in [0.2, 0.25) is 5.75 Å². The van der Waals surface area contributed by atoms with Gasteiger partial charge in [0.15, 0.2) is 11.5 Å². The van der Waals surface area contributed by atoms with E-state index in [1.165, 1.54) is 36.4 Å². The second-order valence-electron chi connectivity index (χ2n) is 11.9. The molecule has 2 atom stereocenters. The van der Waals surface area contributed by atoms with E-state index in [9.17, 15) is 33.3 Å². The number of alkyl halides is 3. The van der Waals surface area contributed by atoms with E-state index in [1.807, 2.05) is 0 Å². The van der Waals surface area contributed by atoms with Crippen molar-refractivity contribution in [2.45, 2.75) is 101 Å². The van der Waals surface area contributed by atoms with Gasteiger partial charge in [0, 0.05) is 24.3 Å². The van der Waals surface area contributed by atoms with Crippen LogP contribution in [0.15, 0.2) is 60.7 Å². The van der Waals surface area contributed by atoms with E-state index in [2.05, 4.69) is 0 Å². The summed E-state index contributed by atoms with van der Waals surface area (Å²) >= 11 is 0. The molecule has 5 rings (SSSR count). The predicted molar refractivity (Wildman–Crippen MR) is 167 cm³/mol. The van der Waals surface area contributed by atoms with E-state index in [4.69, 9.17) is 14.2 Å². The van der Waals surface area contributed by atoms with Gasteiger partial charge in [-0.1, -0.05) is 88.1 Å². The van der Waals surface area contributed by atoms with Gasteiger partial charge in [0.1, 0.15) is 17.6 Å². The van der Waals surface area contributed by atoms with Gasteiger partial charge in [0.25, 0.3) is 5.60 Å². The van der Waals surface area contributed by atoms with Gasteiger partial charge in [-0.25, -0.2) is 4.79 Å². The summed E-state index contributed by atoms with van der Waals surface area (Å²) in [6.45, 7) is 0. The number of methoxy groups -OCH3 is 1. The molecule has 0 aliphatic carbocycles. The third-order valence-electron chi connectivity index (χ3n) is 8.47. The van der Waals surface area contributed by atoms with Gasteiger partial charge in [-0.2, -0.15) is 13.2 Å². The molecule has 0 saturated heterocycles. The number of aryl methyl sites for hydroxylation is 1. The fourth-order valence-corrected chi connectivity index (χ4v) is 6.02. The minimum Gasteiger partial charge on any atom is -0.508 e. The number of phenolic OH excluding ortho intramolecular Hbond substituents is 3.